The number of aryl methyl sites for hydroxylation is 1. The van der Waals surface area contributed by atoms with Crippen LogP contribution in [0.5, 0.6) is 0 Å². The topological polar surface area (TPSA) is 10.4 Å². The van der Waals surface area contributed by atoms with Gasteiger partial charge in [0.05, 0.1) is 27.7 Å². The molecule has 1 aliphatic heterocycles. The fourth-order valence-corrected chi connectivity index (χ4v) is 5.28. The molecule has 0 spiro atoms. The Balaban J connectivity index is 1.61. The average molecular weight is 487 g/mol. The summed E-state index contributed by atoms with van der Waals surface area (Å²) in [5.41, 5.74) is 6.14. The van der Waals surface area contributed by atoms with Crippen LogP contribution in [0, 0.1) is 0 Å². The van der Waals surface area contributed by atoms with Crippen molar-refractivity contribution in [3.8, 4) is 0 Å². The van der Waals surface area contributed by atoms with Gasteiger partial charge < -0.3 is 14.3 Å². The molecule has 0 saturated carbocycles. The molecule has 0 unspecified atom stereocenters. The standard InChI is InChI=1S/C30H38N4S/c1-31(2)26-15-12-24(13-16-26)14-17-27-22-25(18-20-33(27)19-9-21-34(4,5)6)23-30-32(3)28-10-7-8-11-29(28)35-30/h7-8,10-18,20,22-23H,9,19,21H2,1-6H3/q+2. The lowest BCUT2D eigenvalue weighted by molar-refractivity contribution is -0.870. The van der Waals surface area contributed by atoms with Crippen LogP contribution in [-0.2, 0) is 7.05 Å². The number of rotatable bonds is 8. The van der Waals surface area contributed by atoms with Crippen molar-refractivity contribution in [2.75, 3.05) is 53.2 Å². The first kappa shape index (κ1) is 25.0. The SMILES string of the molecule is CN(C)c1ccc(/C=C/C2=CC(=Cc3sc4ccccc4[n+]3C)C=CN2CCC[N+](C)(C)C)cc1. The molecule has 1 aliphatic rings. The first-order valence-corrected chi connectivity index (χ1v) is 13.0. The minimum atomic E-state index is 0.984. The third-order valence-electron chi connectivity index (χ3n) is 6.24. The van der Waals surface area contributed by atoms with Crippen molar-refractivity contribution in [3.05, 3.63) is 94.8 Å². The summed E-state index contributed by atoms with van der Waals surface area (Å²) in [5.74, 6) is 0. The number of para-hydroxylation sites is 1. The fourth-order valence-electron chi connectivity index (χ4n) is 4.17. The van der Waals surface area contributed by atoms with Crippen LogP contribution < -0.4 is 9.47 Å². The largest absolute Gasteiger partial charge is 0.378 e. The summed E-state index contributed by atoms with van der Waals surface area (Å²) < 4.78 is 4.58. The molecule has 0 amide bonds. The number of aromatic nitrogens is 1. The average Bonchev–Trinajstić information content (AvgIpc) is 3.13. The second-order valence-corrected chi connectivity index (χ2v) is 11.4. The number of hydrogen-bond donors (Lipinski definition) is 0. The zero-order valence-corrected chi connectivity index (χ0v) is 22.7. The number of fused-ring (bicyclic) bond motifs is 1. The van der Waals surface area contributed by atoms with E-state index in [1.165, 1.54) is 37.7 Å². The molecule has 1 aromatic heterocycles. The van der Waals surface area contributed by atoms with Crippen LogP contribution in [0.1, 0.15) is 17.0 Å². The maximum Gasteiger partial charge on any atom is 0.263 e. The first-order valence-electron chi connectivity index (χ1n) is 12.2. The number of allylic oxidation sites excluding steroid dienone is 4. The van der Waals surface area contributed by atoms with E-state index in [1.54, 1.807) is 0 Å². The summed E-state index contributed by atoms with van der Waals surface area (Å²) in [5, 5.41) is 1.25. The monoisotopic (exact) mass is 486 g/mol. The van der Waals surface area contributed by atoms with Crippen LogP contribution in [0.4, 0.5) is 5.69 Å². The van der Waals surface area contributed by atoms with E-state index in [0.717, 1.165) is 24.0 Å². The number of nitrogens with zero attached hydrogens (tertiary/aromatic N) is 4. The van der Waals surface area contributed by atoms with Crippen molar-refractivity contribution in [2.24, 2.45) is 7.05 Å². The highest BCUT2D eigenvalue weighted by Gasteiger charge is 2.17. The van der Waals surface area contributed by atoms with Gasteiger partial charge in [-0.2, -0.15) is 4.57 Å². The molecule has 35 heavy (non-hydrogen) atoms. The van der Waals surface area contributed by atoms with Gasteiger partial charge in [-0.1, -0.05) is 41.7 Å². The highest BCUT2D eigenvalue weighted by atomic mass is 32.1. The lowest BCUT2D eigenvalue weighted by Gasteiger charge is -2.28. The van der Waals surface area contributed by atoms with Crippen molar-refractivity contribution in [1.82, 2.24) is 4.90 Å². The quantitative estimate of drug-likeness (QED) is 0.299. The van der Waals surface area contributed by atoms with Crippen LogP contribution >= 0.6 is 11.3 Å². The smallest absolute Gasteiger partial charge is 0.263 e. The number of thiazole rings is 1. The van der Waals surface area contributed by atoms with Gasteiger partial charge in [0.25, 0.3) is 5.01 Å². The first-order chi connectivity index (χ1) is 16.7. The summed E-state index contributed by atoms with van der Waals surface area (Å²) in [6, 6.07) is 17.3. The second-order valence-electron chi connectivity index (χ2n) is 10.4. The number of anilines is 1. The Hall–Kier alpha value is -3.15. The molecule has 2 heterocycles. The third-order valence-corrected chi connectivity index (χ3v) is 7.40. The van der Waals surface area contributed by atoms with Gasteiger partial charge in [0.15, 0.2) is 0 Å². The van der Waals surface area contributed by atoms with E-state index in [9.17, 15) is 0 Å². The Morgan fingerprint density at radius 2 is 1.74 bits per heavy atom. The molecule has 0 aliphatic carbocycles. The Morgan fingerprint density at radius 1 is 1.00 bits per heavy atom. The number of benzene rings is 2. The predicted molar refractivity (Wildman–Crippen MR) is 152 cm³/mol. The number of hydrogen-bond acceptors (Lipinski definition) is 3. The van der Waals surface area contributed by atoms with Crippen LogP contribution in [0.25, 0.3) is 22.4 Å². The molecule has 0 saturated heterocycles. The molecule has 0 atom stereocenters. The molecule has 4 rings (SSSR count). The minimum absolute atomic E-state index is 0.984. The zero-order chi connectivity index (χ0) is 25.0. The maximum atomic E-state index is 2.38. The number of quaternary nitrogens is 1. The summed E-state index contributed by atoms with van der Waals surface area (Å²) in [6.45, 7) is 2.15. The Kier molecular flexibility index (Phi) is 7.58. The van der Waals surface area contributed by atoms with Crippen LogP contribution in [0.15, 0.2) is 84.2 Å². The molecular weight excluding hydrogens is 448 g/mol. The third kappa shape index (κ3) is 6.50. The highest BCUT2D eigenvalue weighted by Crippen LogP contribution is 2.25. The van der Waals surface area contributed by atoms with Crippen molar-refractivity contribution >= 4 is 39.4 Å². The zero-order valence-electron chi connectivity index (χ0n) is 21.9. The molecule has 2 aromatic carbocycles. The van der Waals surface area contributed by atoms with Gasteiger partial charge in [-0.3, -0.25) is 0 Å². The van der Waals surface area contributed by atoms with E-state index >= 15 is 0 Å². The van der Waals surface area contributed by atoms with Crippen LogP contribution in [0.2, 0.25) is 0 Å². The van der Waals surface area contributed by atoms with Crippen LogP contribution in [-0.4, -0.2) is 57.7 Å². The van der Waals surface area contributed by atoms with Gasteiger partial charge in [0, 0.05) is 56.8 Å². The molecule has 0 bridgehead atoms. The Labute approximate surface area is 214 Å². The molecule has 5 heteroatoms. The van der Waals surface area contributed by atoms with E-state index < -0.39 is 0 Å². The van der Waals surface area contributed by atoms with E-state index in [4.69, 9.17) is 0 Å². The molecular formula is C30H38N4S+2. The summed E-state index contributed by atoms with van der Waals surface area (Å²) in [7, 11) is 13.1. The lowest BCUT2D eigenvalue weighted by atomic mass is 10.1. The van der Waals surface area contributed by atoms with Gasteiger partial charge >= 0.3 is 0 Å². The van der Waals surface area contributed by atoms with Crippen LogP contribution in [0.3, 0.4) is 0 Å². The summed E-state index contributed by atoms with van der Waals surface area (Å²) >= 11 is 1.84. The van der Waals surface area contributed by atoms with Crippen molar-refractivity contribution in [3.63, 3.8) is 0 Å². The molecule has 4 nitrogen and oxygen atoms in total. The van der Waals surface area contributed by atoms with Crippen molar-refractivity contribution in [1.29, 1.82) is 0 Å². The lowest BCUT2D eigenvalue weighted by Crippen LogP contribution is -2.36. The molecule has 0 fully saturated rings. The Bertz CT molecular complexity index is 1280. The van der Waals surface area contributed by atoms with Crippen molar-refractivity contribution in [2.45, 2.75) is 6.42 Å². The fraction of sp³-hybridized carbons (Fsp3) is 0.300. The van der Waals surface area contributed by atoms with E-state index in [0.29, 0.717) is 0 Å². The van der Waals surface area contributed by atoms with E-state index in [2.05, 4.69) is 142 Å². The molecule has 3 aromatic rings. The van der Waals surface area contributed by atoms with Gasteiger partial charge in [-0.05, 0) is 47.6 Å². The predicted octanol–water partition coefficient (Wildman–Crippen LogP) is 5.70. The highest BCUT2D eigenvalue weighted by molar-refractivity contribution is 7.18. The maximum absolute atomic E-state index is 2.38. The second kappa shape index (κ2) is 10.6. The van der Waals surface area contributed by atoms with Gasteiger partial charge in [0.2, 0.25) is 5.52 Å². The summed E-state index contributed by atoms with van der Waals surface area (Å²) in [6.07, 6.45) is 14.7. The Morgan fingerprint density at radius 3 is 2.43 bits per heavy atom. The van der Waals surface area contributed by atoms with Gasteiger partial charge in [-0.25, -0.2) is 0 Å². The van der Waals surface area contributed by atoms with E-state index in [1.807, 2.05) is 11.3 Å². The molecule has 182 valence electrons. The normalized spacial score (nSPS) is 15.4. The van der Waals surface area contributed by atoms with E-state index in [-0.39, 0.29) is 0 Å². The molecule has 0 radical (unpaired) electrons. The minimum Gasteiger partial charge on any atom is -0.378 e. The van der Waals surface area contributed by atoms with Gasteiger partial charge in [-0.15, -0.1) is 0 Å². The van der Waals surface area contributed by atoms with Crippen molar-refractivity contribution < 1.29 is 9.05 Å². The van der Waals surface area contributed by atoms with Gasteiger partial charge in [0.1, 0.15) is 11.7 Å². The molecule has 0 N–H and O–H groups in total. The summed E-state index contributed by atoms with van der Waals surface area (Å²) in [4.78, 5) is 4.51.